The van der Waals surface area contributed by atoms with Crippen LogP contribution in [0.3, 0.4) is 0 Å². The third-order valence-electron chi connectivity index (χ3n) is 6.60. The van der Waals surface area contributed by atoms with Crippen LogP contribution in [-0.4, -0.2) is 40.8 Å². The number of sulfonamides is 1. The van der Waals surface area contributed by atoms with Gasteiger partial charge in [0.25, 0.3) is 0 Å². The van der Waals surface area contributed by atoms with Crippen molar-refractivity contribution >= 4 is 33.2 Å². The van der Waals surface area contributed by atoms with E-state index in [0.717, 1.165) is 5.56 Å². The van der Waals surface area contributed by atoms with E-state index in [4.69, 9.17) is 5.73 Å². The molecule has 2 aromatic heterocycles. The molecule has 1 saturated heterocycles. The molecule has 11 heteroatoms. The minimum Gasteiger partial charge on any atom is -0.340 e. The molecule has 9 nitrogen and oxygen atoms in total. The molecule has 196 valence electrons. The largest absolute Gasteiger partial charge is 0.340 e. The second kappa shape index (κ2) is 11.2. The van der Waals surface area contributed by atoms with Crippen molar-refractivity contribution in [2.45, 2.75) is 23.8 Å². The molecule has 1 aliphatic heterocycles. The molecule has 0 saturated carbocycles. The first kappa shape index (κ1) is 25.7. The molecule has 0 aliphatic carbocycles. The number of anilines is 4. The van der Waals surface area contributed by atoms with E-state index in [0.29, 0.717) is 49.1 Å². The van der Waals surface area contributed by atoms with E-state index in [-0.39, 0.29) is 22.7 Å². The van der Waals surface area contributed by atoms with Crippen LogP contribution in [0.15, 0.2) is 90.2 Å². The van der Waals surface area contributed by atoms with E-state index < -0.39 is 10.0 Å². The summed E-state index contributed by atoms with van der Waals surface area (Å²) < 4.78 is 41.2. The minimum absolute atomic E-state index is 0.162. The first-order chi connectivity index (χ1) is 18.4. The standard InChI is InChI=1S/C27H28FN7O2S/c28-21-3-5-22(6-4-21)32-25-11-15-31-27(34-25)33-23-7-9-24(10-8-23)38(36,37)35-16-12-19(13-17-35)26(29)20-2-1-14-30-18-20/h1-11,14-15,18-19,26H,12-13,16-17,29H2,(H2,31,32,33,34). The Bertz CT molecular complexity index is 1460. The number of halogens is 1. The van der Waals surface area contributed by atoms with E-state index in [1.165, 1.54) is 16.4 Å². The van der Waals surface area contributed by atoms with Crippen LogP contribution in [0.25, 0.3) is 0 Å². The SMILES string of the molecule is NC(c1cccnc1)C1CCN(S(=O)(=O)c2ccc(Nc3nccc(Nc4ccc(F)cc4)n3)cc2)CC1. The highest BCUT2D eigenvalue weighted by Gasteiger charge is 2.32. The van der Waals surface area contributed by atoms with Gasteiger partial charge in [-0.1, -0.05) is 6.07 Å². The highest BCUT2D eigenvalue weighted by Crippen LogP contribution is 2.31. The van der Waals surface area contributed by atoms with Gasteiger partial charge in [0.1, 0.15) is 11.6 Å². The van der Waals surface area contributed by atoms with E-state index in [9.17, 15) is 12.8 Å². The second-order valence-corrected chi connectivity index (χ2v) is 11.0. The topological polar surface area (TPSA) is 126 Å². The number of pyridine rings is 1. The maximum Gasteiger partial charge on any atom is 0.243 e. The van der Waals surface area contributed by atoms with Gasteiger partial charge in [-0.3, -0.25) is 4.98 Å². The molecule has 38 heavy (non-hydrogen) atoms. The highest BCUT2D eigenvalue weighted by molar-refractivity contribution is 7.89. The minimum atomic E-state index is -3.63. The smallest absolute Gasteiger partial charge is 0.243 e. The van der Waals surface area contributed by atoms with Crippen molar-refractivity contribution in [3.63, 3.8) is 0 Å². The summed E-state index contributed by atoms with van der Waals surface area (Å²) in [5.74, 6) is 0.741. The molecule has 1 unspecified atom stereocenters. The van der Waals surface area contributed by atoms with Gasteiger partial charge in [0.05, 0.1) is 4.90 Å². The Balaban J connectivity index is 1.20. The number of rotatable bonds is 8. The number of nitrogens with two attached hydrogens (primary N) is 1. The Hall–Kier alpha value is -3.93. The van der Waals surface area contributed by atoms with Crippen molar-refractivity contribution < 1.29 is 12.8 Å². The third kappa shape index (κ3) is 5.96. The van der Waals surface area contributed by atoms with Gasteiger partial charge in [-0.25, -0.2) is 17.8 Å². The molecule has 0 spiro atoms. The number of hydrogen-bond donors (Lipinski definition) is 3. The zero-order valence-corrected chi connectivity index (χ0v) is 21.4. The number of aromatic nitrogens is 3. The van der Waals surface area contributed by atoms with Crippen molar-refractivity contribution in [3.8, 4) is 0 Å². The molecule has 1 fully saturated rings. The number of piperidine rings is 1. The van der Waals surface area contributed by atoms with Crippen LogP contribution in [-0.2, 0) is 10.0 Å². The average molecular weight is 534 g/mol. The molecule has 0 amide bonds. The molecule has 1 aliphatic rings. The zero-order chi connectivity index (χ0) is 26.5. The van der Waals surface area contributed by atoms with Crippen LogP contribution in [0.2, 0.25) is 0 Å². The maximum atomic E-state index is 13.3. The molecule has 1 atom stereocenters. The summed E-state index contributed by atoms with van der Waals surface area (Å²) in [5.41, 5.74) is 8.73. The fourth-order valence-electron chi connectivity index (χ4n) is 4.48. The Morgan fingerprint density at radius 3 is 2.29 bits per heavy atom. The first-order valence-corrected chi connectivity index (χ1v) is 13.7. The van der Waals surface area contributed by atoms with Crippen molar-refractivity contribution in [2.75, 3.05) is 23.7 Å². The molecule has 5 rings (SSSR count). The lowest BCUT2D eigenvalue weighted by Gasteiger charge is -2.34. The summed E-state index contributed by atoms with van der Waals surface area (Å²) in [7, 11) is -3.63. The Morgan fingerprint density at radius 1 is 0.921 bits per heavy atom. The molecule has 4 N–H and O–H groups in total. The van der Waals surface area contributed by atoms with Crippen molar-refractivity contribution in [2.24, 2.45) is 11.7 Å². The quantitative estimate of drug-likeness (QED) is 0.300. The lowest BCUT2D eigenvalue weighted by atomic mass is 9.87. The second-order valence-electron chi connectivity index (χ2n) is 9.10. The summed E-state index contributed by atoms with van der Waals surface area (Å²) in [6.07, 6.45) is 6.45. The number of hydrogen-bond acceptors (Lipinski definition) is 8. The number of nitrogens with one attached hydrogen (secondary N) is 2. The maximum absolute atomic E-state index is 13.3. The van der Waals surface area contributed by atoms with Gasteiger partial charge in [-0.2, -0.15) is 9.29 Å². The van der Waals surface area contributed by atoms with E-state index >= 15 is 0 Å². The molecule has 3 heterocycles. The van der Waals surface area contributed by atoms with Gasteiger partial charge in [0, 0.05) is 49.1 Å². The van der Waals surface area contributed by atoms with Crippen molar-refractivity contribution in [1.29, 1.82) is 0 Å². The van der Waals surface area contributed by atoms with Gasteiger partial charge >= 0.3 is 0 Å². The Morgan fingerprint density at radius 2 is 1.61 bits per heavy atom. The van der Waals surface area contributed by atoms with Crippen molar-refractivity contribution in [3.05, 3.63) is 96.7 Å². The van der Waals surface area contributed by atoms with Crippen LogP contribution in [0.5, 0.6) is 0 Å². The Kier molecular flexibility index (Phi) is 7.59. The molecule has 0 radical (unpaired) electrons. The molecular formula is C27H28FN7O2S. The predicted molar refractivity (Wildman–Crippen MR) is 144 cm³/mol. The summed E-state index contributed by atoms with van der Waals surface area (Å²) in [6.45, 7) is 0.839. The first-order valence-electron chi connectivity index (χ1n) is 12.3. The Labute approximate surface area is 221 Å². The normalized spacial score (nSPS) is 15.6. The predicted octanol–water partition coefficient (Wildman–Crippen LogP) is 4.60. The molecular weight excluding hydrogens is 505 g/mol. The molecule has 2 aromatic carbocycles. The van der Waals surface area contributed by atoms with Crippen LogP contribution < -0.4 is 16.4 Å². The fraction of sp³-hybridized carbons (Fsp3) is 0.222. The monoisotopic (exact) mass is 533 g/mol. The van der Waals surface area contributed by atoms with Crippen LogP contribution in [0.4, 0.5) is 27.5 Å². The van der Waals surface area contributed by atoms with E-state index in [2.05, 4.69) is 25.6 Å². The van der Waals surface area contributed by atoms with Crippen LogP contribution in [0, 0.1) is 11.7 Å². The van der Waals surface area contributed by atoms with Gasteiger partial charge in [-0.05, 0) is 85.0 Å². The fourth-order valence-corrected chi connectivity index (χ4v) is 5.95. The van der Waals surface area contributed by atoms with E-state index in [1.807, 2.05) is 12.1 Å². The van der Waals surface area contributed by atoms with Crippen molar-refractivity contribution in [1.82, 2.24) is 19.3 Å². The molecule has 4 aromatic rings. The number of benzene rings is 2. The van der Waals surface area contributed by atoms with Gasteiger partial charge in [0.2, 0.25) is 16.0 Å². The lowest BCUT2D eigenvalue weighted by molar-refractivity contribution is 0.245. The van der Waals surface area contributed by atoms with Crippen LogP contribution >= 0.6 is 0 Å². The summed E-state index contributed by atoms with van der Waals surface area (Å²) >= 11 is 0. The zero-order valence-electron chi connectivity index (χ0n) is 20.5. The summed E-state index contributed by atoms with van der Waals surface area (Å²) in [5, 5.41) is 6.17. The summed E-state index contributed by atoms with van der Waals surface area (Å²) in [6, 6.07) is 17.8. The highest BCUT2D eigenvalue weighted by atomic mass is 32.2. The average Bonchev–Trinajstić information content (AvgIpc) is 2.95. The molecule has 0 bridgehead atoms. The third-order valence-corrected chi connectivity index (χ3v) is 8.51. The lowest BCUT2D eigenvalue weighted by Crippen LogP contribution is -2.40. The van der Waals surface area contributed by atoms with Gasteiger partial charge in [-0.15, -0.1) is 0 Å². The summed E-state index contributed by atoms with van der Waals surface area (Å²) in [4.78, 5) is 13.0. The number of nitrogens with zero attached hydrogens (tertiary/aromatic N) is 4. The van der Waals surface area contributed by atoms with Crippen LogP contribution in [0.1, 0.15) is 24.4 Å². The van der Waals surface area contributed by atoms with Gasteiger partial charge < -0.3 is 16.4 Å². The van der Waals surface area contributed by atoms with Gasteiger partial charge in [0.15, 0.2) is 0 Å². The van der Waals surface area contributed by atoms with E-state index in [1.54, 1.807) is 61.1 Å².